The smallest absolute Gasteiger partial charge is 0.311 e. The lowest BCUT2D eigenvalue weighted by Gasteiger charge is -2.18. The molecule has 1 unspecified atom stereocenters. The molecule has 0 aliphatic heterocycles. The number of esters is 1. The van der Waals surface area contributed by atoms with Crippen LogP contribution in [-0.4, -0.2) is 26.3 Å². The van der Waals surface area contributed by atoms with E-state index in [2.05, 4.69) is 4.98 Å². The van der Waals surface area contributed by atoms with Crippen LogP contribution in [0.4, 0.5) is 10.8 Å². The van der Waals surface area contributed by atoms with E-state index in [1.807, 2.05) is 19.1 Å². The fourth-order valence-electron chi connectivity index (χ4n) is 2.67. The third kappa shape index (κ3) is 4.30. The molecule has 1 aromatic carbocycles. The summed E-state index contributed by atoms with van der Waals surface area (Å²) in [5.74, 6) is -0.120. The summed E-state index contributed by atoms with van der Waals surface area (Å²) in [6, 6.07) is 10.5. The quantitative estimate of drug-likeness (QED) is 0.460. The van der Waals surface area contributed by atoms with Gasteiger partial charge in [0.15, 0.2) is 0 Å². The second kappa shape index (κ2) is 8.35. The van der Waals surface area contributed by atoms with Crippen molar-refractivity contribution in [2.45, 2.75) is 20.3 Å². The Balaban J connectivity index is 2.03. The van der Waals surface area contributed by atoms with Crippen molar-refractivity contribution >= 4 is 61.1 Å². The molecule has 142 valence electrons. The van der Waals surface area contributed by atoms with Gasteiger partial charge in [-0.15, -0.1) is 11.3 Å². The second-order valence-electron chi connectivity index (χ2n) is 5.67. The molecular weight excluding hydrogens is 408 g/mol. The molecular formula is C18H17ClN2O4S2. The normalized spacial score (nSPS) is 12.1. The van der Waals surface area contributed by atoms with Gasteiger partial charge in [0.25, 0.3) is 11.3 Å². The highest BCUT2D eigenvalue weighted by Crippen LogP contribution is 2.41. The van der Waals surface area contributed by atoms with Gasteiger partial charge < -0.3 is 4.74 Å². The fourth-order valence-corrected chi connectivity index (χ4v) is 4.79. The average Bonchev–Trinajstić information content (AvgIpc) is 2.92. The SMILES string of the molecule is CCOC(=O)Cc1cccc(N(c2sc3ccc(Cl)cc3c2C)S(=O)O)n1. The van der Waals surface area contributed by atoms with Crippen LogP contribution < -0.4 is 4.31 Å². The molecule has 2 heterocycles. The fraction of sp³-hybridized carbons (Fsp3) is 0.222. The van der Waals surface area contributed by atoms with Crippen LogP contribution in [0.25, 0.3) is 10.1 Å². The van der Waals surface area contributed by atoms with E-state index in [1.54, 1.807) is 31.2 Å². The van der Waals surface area contributed by atoms with Gasteiger partial charge in [0.2, 0.25) is 0 Å². The van der Waals surface area contributed by atoms with Crippen LogP contribution in [0.2, 0.25) is 5.02 Å². The van der Waals surface area contributed by atoms with Crippen molar-refractivity contribution in [1.82, 2.24) is 4.98 Å². The molecule has 0 bridgehead atoms. The molecule has 9 heteroatoms. The van der Waals surface area contributed by atoms with Crippen LogP contribution in [0.3, 0.4) is 0 Å². The van der Waals surface area contributed by atoms with Crippen molar-refractivity contribution in [3.05, 3.63) is 52.7 Å². The van der Waals surface area contributed by atoms with E-state index in [1.165, 1.54) is 15.6 Å². The van der Waals surface area contributed by atoms with E-state index in [4.69, 9.17) is 16.3 Å². The summed E-state index contributed by atoms with van der Waals surface area (Å²) in [6.45, 7) is 3.89. The van der Waals surface area contributed by atoms with Gasteiger partial charge in [-0.25, -0.2) is 13.5 Å². The zero-order chi connectivity index (χ0) is 19.6. The largest absolute Gasteiger partial charge is 0.466 e. The number of anilines is 2. The highest BCUT2D eigenvalue weighted by molar-refractivity contribution is 7.81. The molecule has 1 atom stereocenters. The van der Waals surface area contributed by atoms with Gasteiger partial charge in [0.05, 0.1) is 18.7 Å². The minimum atomic E-state index is -2.34. The molecule has 3 rings (SSSR count). The molecule has 0 saturated heterocycles. The lowest BCUT2D eigenvalue weighted by Crippen LogP contribution is -2.21. The molecule has 0 amide bonds. The number of pyridine rings is 1. The number of aryl methyl sites for hydroxylation is 1. The number of benzene rings is 1. The first kappa shape index (κ1) is 19.8. The predicted molar refractivity (Wildman–Crippen MR) is 109 cm³/mol. The van der Waals surface area contributed by atoms with Crippen molar-refractivity contribution in [1.29, 1.82) is 0 Å². The molecule has 6 nitrogen and oxygen atoms in total. The van der Waals surface area contributed by atoms with Crippen molar-refractivity contribution in [2.24, 2.45) is 0 Å². The summed E-state index contributed by atoms with van der Waals surface area (Å²) in [5, 5.41) is 2.11. The maximum absolute atomic E-state index is 12.1. The van der Waals surface area contributed by atoms with Crippen molar-refractivity contribution in [3.8, 4) is 0 Å². The van der Waals surface area contributed by atoms with Gasteiger partial charge in [0.1, 0.15) is 10.8 Å². The molecule has 0 aliphatic rings. The number of thiophene rings is 1. The Hall–Kier alpha value is -2.00. The first-order valence-corrected chi connectivity index (χ1v) is 10.4. The maximum atomic E-state index is 12.1. The summed E-state index contributed by atoms with van der Waals surface area (Å²) < 4.78 is 29.2. The number of ether oxygens (including phenoxy) is 1. The molecule has 0 saturated carbocycles. The number of hydrogen-bond acceptors (Lipinski definition) is 5. The summed E-state index contributed by atoms with van der Waals surface area (Å²) >= 11 is 5.11. The van der Waals surface area contributed by atoms with Crippen molar-refractivity contribution in [3.63, 3.8) is 0 Å². The molecule has 1 N–H and O–H groups in total. The molecule has 0 spiro atoms. The summed E-state index contributed by atoms with van der Waals surface area (Å²) in [5.41, 5.74) is 1.29. The molecule has 0 radical (unpaired) electrons. The third-order valence-electron chi connectivity index (χ3n) is 3.84. The Morgan fingerprint density at radius 3 is 2.85 bits per heavy atom. The van der Waals surface area contributed by atoms with Gasteiger partial charge in [-0.3, -0.25) is 9.35 Å². The monoisotopic (exact) mass is 424 g/mol. The van der Waals surface area contributed by atoms with Crippen LogP contribution in [-0.2, 0) is 27.2 Å². The van der Waals surface area contributed by atoms with Gasteiger partial charge in [-0.05, 0) is 55.1 Å². The number of carbonyl (C=O) groups is 1. The third-order valence-corrected chi connectivity index (χ3v) is 6.14. The van der Waals surface area contributed by atoms with Crippen LogP contribution in [0.5, 0.6) is 0 Å². The first-order chi connectivity index (χ1) is 12.9. The van der Waals surface area contributed by atoms with E-state index < -0.39 is 17.2 Å². The Labute approximate surface area is 168 Å². The van der Waals surface area contributed by atoms with Crippen LogP contribution >= 0.6 is 22.9 Å². The summed E-state index contributed by atoms with van der Waals surface area (Å²) in [7, 11) is 0. The molecule has 0 fully saturated rings. The topological polar surface area (TPSA) is 79.7 Å². The molecule has 3 aromatic rings. The van der Waals surface area contributed by atoms with Gasteiger partial charge >= 0.3 is 5.97 Å². The number of halogens is 1. The van der Waals surface area contributed by atoms with E-state index in [9.17, 15) is 13.6 Å². The standard InChI is InChI=1S/C18H17ClN2O4S2/c1-3-25-17(22)10-13-5-4-6-16(20-13)21(27(23)24)18-11(2)14-9-12(19)7-8-15(14)26-18/h4-9H,3,10H2,1-2H3,(H,23,24). The molecule has 2 aromatic heterocycles. The zero-order valence-corrected chi connectivity index (χ0v) is 17.0. The number of fused-ring (bicyclic) bond motifs is 1. The minimum absolute atomic E-state index is 0.00537. The summed E-state index contributed by atoms with van der Waals surface area (Å²) in [6.07, 6.45) is -0.00537. The minimum Gasteiger partial charge on any atom is -0.466 e. The number of aromatic nitrogens is 1. The van der Waals surface area contributed by atoms with Crippen LogP contribution in [0.1, 0.15) is 18.2 Å². The Bertz CT molecular complexity index is 1020. The summed E-state index contributed by atoms with van der Waals surface area (Å²) in [4.78, 5) is 16.1. The second-order valence-corrected chi connectivity index (χ2v) is 7.96. The van der Waals surface area contributed by atoms with E-state index >= 15 is 0 Å². The Kier molecular flexibility index (Phi) is 6.11. The number of nitrogens with zero attached hydrogens (tertiary/aromatic N) is 2. The predicted octanol–water partition coefficient (Wildman–Crippen LogP) is 4.64. The van der Waals surface area contributed by atoms with Crippen LogP contribution in [0, 0.1) is 6.92 Å². The van der Waals surface area contributed by atoms with E-state index in [0.29, 0.717) is 15.7 Å². The zero-order valence-electron chi connectivity index (χ0n) is 14.6. The maximum Gasteiger partial charge on any atom is 0.311 e. The van der Waals surface area contributed by atoms with Crippen molar-refractivity contribution in [2.75, 3.05) is 10.9 Å². The Morgan fingerprint density at radius 2 is 2.15 bits per heavy atom. The lowest BCUT2D eigenvalue weighted by molar-refractivity contribution is -0.142. The van der Waals surface area contributed by atoms with E-state index in [0.717, 1.165) is 15.6 Å². The molecule has 0 aliphatic carbocycles. The van der Waals surface area contributed by atoms with Crippen molar-refractivity contribution < 1.29 is 18.3 Å². The van der Waals surface area contributed by atoms with Gasteiger partial charge in [-0.2, -0.15) is 0 Å². The Morgan fingerprint density at radius 1 is 1.37 bits per heavy atom. The highest BCUT2D eigenvalue weighted by Gasteiger charge is 2.23. The van der Waals surface area contributed by atoms with E-state index in [-0.39, 0.29) is 18.8 Å². The van der Waals surface area contributed by atoms with Gasteiger partial charge in [0, 0.05) is 9.72 Å². The highest BCUT2D eigenvalue weighted by atomic mass is 35.5. The molecule has 27 heavy (non-hydrogen) atoms. The number of hydrogen-bond donors (Lipinski definition) is 1. The number of rotatable bonds is 6. The first-order valence-electron chi connectivity index (χ1n) is 8.12. The van der Waals surface area contributed by atoms with Crippen LogP contribution in [0.15, 0.2) is 36.4 Å². The average molecular weight is 425 g/mol. The number of carbonyl (C=O) groups excluding carboxylic acids is 1. The lowest BCUT2D eigenvalue weighted by atomic mass is 10.2. The van der Waals surface area contributed by atoms with Gasteiger partial charge in [-0.1, -0.05) is 17.7 Å².